The van der Waals surface area contributed by atoms with Gasteiger partial charge in [-0.15, -0.1) is 0 Å². The van der Waals surface area contributed by atoms with E-state index < -0.39 is 47.2 Å². The van der Waals surface area contributed by atoms with Gasteiger partial charge in [0.05, 0.1) is 6.04 Å². The standard InChI is InChI=1S/C29H31F3N4O3/c1-18(29(30,31)32)35-24(15-16-33(2)3)36(34-17-14-23(37)27(38)26(34)28(35)39)25-21-10-6-4-8-19(21)12-13-20-9-5-7-11-22(20)25/h4-11,14,17-18,24-25,38H,12-13,15-16H2,1-3H3. The molecule has 0 saturated carbocycles. The van der Waals surface area contributed by atoms with Gasteiger partial charge in [-0.05, 0) is 56.1 Å². The van der Waals surface area contributed by atoms with Crippen molar-refractivity contribution in [1.29, 1.82) is 0 Å². The molecule has 0 spiro atoms. The van der Waals surface area contributed by atoms with Gasteiger partial charge in [-0.2, -0.15) is 13.2 Å². The van der Waals surface area contributed by atoms with Crippen LogP contribution in [-0.4, -0.2) is 64.5 Å². The Morgan fingerprint density at radius 3 is 2.08 bits per heavy atom. The number of halogens is 3. The van der Waals surface area contributed by atoms with E-state index >= 15 is 0 Å². The summed E-state index contributed by atoms with van der Waals surface area (Å²) in [6.07, 6.45) is -2.73. The van der Waals surface area contributed by atoms with Crippen LogP contribution in [0, 0.1) is 0 Å². The lowest BCUT2D eigenvalue weighted by Crippen LogP contribution is -2.66. The van der Waals surface area contributed by atoms with Crippen LogP contribution in [0.4, 0.5) is 13.2 Å². The number of amides is 1. The molecule has 0 fully saturated rings. The second-order valence-corrected chi connectivity index (χ2v) is 10.4. The summed E-state index contributed by atoms with van der Waals surface area (Å²) in [6.45, 7) is 1.34. The molecule has 2 aromatic carbocycles. The molecule has 5 rings (SSSR count). The summed E-state index contributed by atoms with van der Waals surface area (Å²) in [7, 11) is 3.64. The molecule has 1 amide bonds. The van der Waals surface area contributed by atoms with Gasteiger partial charge >= 0.3 is 6.18 Å². The van der Waals surface area contributed by atoms with Gasteiger partial charge < -0.3 is 14.9 Å². The predicted octanol–water partition coefficient (Wildman–Crippen LogP) is 4.06. The van der Waals surface area contributed by atoms with Crippen molar-refractivity contribution in [1.82, 2.24) is 14.5 Å². The number of carbonyl (C=O) groups excluding carboxylic acids is 1. The Labute approximate surface area is 224 Å². The number of aromatic hydroxyl groups is 1. The fraction of sp³-hybridized carbons (Fsp3) is 0.379. The van der Waals surface area contributed by atoms with Gasteiger partial charge in [-0.1, -0.05) is 48.5 Å². The van der Waals surface area contributed by atoms with E-state index in [1.165, 1.54) is 10.9 Å². The lowest BCUT2D eigenvalue weighted by atomic mass is 9.92. The number of carbonyl (C=O) groups is 1. The first-order valence-electron chi connectivity index (χ1n) is 12.9. The van der Waals surface area contributed by atoms with Crippen molar-refractivity contribution in [3.05, 3.63) is 99.0 Å². The topological polar surface area (TPSA) is 69.0 Å². The Morgan fingerprint density at radius 1 is 0.974 bits per heavy atom. The SMILES string of the molecule is CC(N1C(=O)c2c(O)c(=O)ccn2N(C2c3ccccc3CCc3ccccc32)C1CCN(C)C)C(F)(F)F. The summed E-state index contributed by atoms with van der Waals surface area (Å²) < 4.78 is 44.3. The average Bonchev–Trinajstić information content (AvgIpc) is 3.05. The molecule has 10 heteroatoms. The number of alkyl halides is 3. The maximum atomic E-state index is 14.3. The van der Waals surface area contributed by atoms with E-state index in [-0.39, 0.29) is 6.42 Å². The van der Waals surface area contributed by atoms with Crippen LogP contribution in [0.15, 0.2) is 65.6 Å². The highest BCUT2D eigenvalue weighted by molar-refractivity contribution is 5.96. The van der Waals surface area contributed by atoms with Crippen molar-refractivity contribution in [2.24, 2.45) is 0 Å². The van der Waals surface area contributed by atoms with E-state index in [2.05, 4.69) is 0 Å². The molecular formula is C29H31F3N4O3. The lowest BCUT2D eigenvalue weighted by molar-refractivity contribution is -0.179. The Kier molecular flexibility index (Phi) is 6.92. The van der Waals surface area contributed by atoms with Crippen molar-refractivity contribution < 1.29 is 23.1 Å². The smallest absolute Gasteiger partial charge is 0.408 e. The third-order valence-electron chi connectivity index (χ3n) is 7.72. The molecule has 2 atom stereocenters. The highest BCUT2D eigenvalue weighted by atomic mass is 19.4. The first-order chi connectivity index (χ1) is 18.5. The molecule has 2 unspecified atom stereocenters. The molecule has 1 N–H and O–H groups in total. The zero-order valence-corrected chi connectivity index (χ0v) is 22.0. The Balaban J connectivity index is 1.84. The second kappa shape index (κ2) is 10.1. The predicted molar refractivity (Wildman–Crippen MR) is 141 cm³/mol. The van der Waals surface area contributed by atoms with Gasteiger partial charge in [-0.3, -0.25) is 19.3 Å². The maximum Gasteiger partial charge on any atom is 0.408 e. The summed E-state index contributed by atoms with van der Waals surface area (Å²) in [5.74, 6) is -1.90. The third kappa shape index (κ3) is 4.67. The van der Waals surface area contributed by atoms with Crippen LogP contribution in [0.5, 0.6) is 5.75 Å². The minimum absolute atomic E-state index is 0.187. The van der Waals surface area contributed by atoms with Crippen LogP contribution in [0.25, 0.3) is 0 Å². The van der Waals surface area contributed by atoms with E-state index in [0.29, 0.717) is 6.54 Å². The lowest BCUT2D eigenvalue weighted by Gasteiger charge is -2.52. The van der Waals surface area contributed by atoms with Crippen molar-refractivity contribution in [3.8, 4) is 5.75 Å². The molecule has 2 aliphatic rings. The molecule has 3 aromatic rings. The minimum Gasteiger partial charge on any atom is -0.502 e. The minimum atomic E-state index is -4.73. The zero-order chi connectivity index (χ0) is 28.1. The number of aromatic nitrogens is 1. The third-order valence-corrected chi connectivity index (χ3v) is 7.72. The van der Waals surface area contributed by atoms with Crippen LogP contribution in [0.3, 0.4) is 0 Å². The molecule has 0 saturated heterocycles. The number of hydrogen-bond donors (Lipinski definition) is 1. The van der Waals surface area contributed by atoms with Gasteiger partial charge in [0.2, 0.25) is 5.43 Å². The van der Waals surface area contributed by atoms with Crippen LogP contribution < -0.4 is 10.4 Å². The number of benzene rings is 2. The number of rotatable bonds is 5. The molecule has 39 heavy (non-hydrogen) atoms. The highest BCUT2D eigenvalue weighted by Crippen LogP contribution is 2.42. The van der Waals surface area contributed by atoms with Crippen LogP contribution in [0.2, 0.25) is 0 Å². The molecular weight excluding hydrogens is 509 g/mol. The largest absolute Gasteiger partial charge is 0.502 e. The highest BCUT2D eigenvalue weighted by Gasteiger charge is 2.51. The number of nitrogens with zero attached hydrogens (tertiary/aromatic N) is 4. The molecule has 0 radical (unpaired) electrons. The quantitative estimate of drug-likeness (QED) is 0.529. The van der Waals surface area contributed by atoms with Crippen LogP contribution >= 0.6 is 0 Å². The number of aryl methyl sites for hydroxylation is 2. The molecule has 206 valence electrons. The summed E-state index contributed by atoms with van der Waals surface area (Å²) in [6, 6.07) is 14.0. The Bertz CT molecular complexity index is 1400. The van der Waals surface area contributed by atoms with E-state index in [9.17, 15) is 27.9 Å². The van der Waals surface area contributed by atoms with Gasteiger partial charge in [0.25, 0.3) is 5.91 Å². The van der Waals surface area contributed by atoms with Crippen molar-refractivity contribution >= 4 is 5.91 Å². The van der Waals surface area contributed by atoms with Crippen molar-refractivity contribution in [2.75, 3.05) is 25.6 Å². The van der Waals surface area contributed by atoms with E-state index in [1.807, 2.05) is 67.5 Å². The van der Waals surface area contributed by atoms with E-state index in [4.69, 9.17) is 0 Å². The van der Waals surface area contributed by atoms with Crippen molar-refractivity contribution in [3.63, 3.8) is 0 Å². The number of hydrogen-bond acceptors (Lipinski definition) is 5. The monoisotopic (exact) mass is 540 g/mol. The fourth-order valence-corrected chi connectivity index (χ4v) is 5.75. The van der Waals surface area contributed by atoms with E-state index in [0.717, 1.165) is 53.0 Å². The normalized spacial score (nSPS) is 18.4. The number of fused-ring (bicyclic) bond motifs is 3. The molecule has 1 aliphatic heterocycles. The average molecular weight is 541 g/mol. The van der Waals surface area contributed by atoms with Crippen LogP contribution in [0.1, 0.15) is 52.1 Å². The molecule has 7 nitrogen and oxygen atoms in total. The van der Waals surface area contributed by atoms with Gasteiger partial charge in [-0.25, -0.2) is 0 Å². The zero-order valence-electron chi connectivity index (χ0n) is 22.0. The summed E-state index contributed by atoms with van der Waals surface area (Å²) in [5.41, 5.74) is 2.58. The summed E-state index contributed by atoms with van der Waals surface area (Å²) >= 11 is 0. The number of pyridine rings is 1. The Morgan fingerprint density at radius 2 is 1.54 bits per heavy atom. The van der Waals surface area contributed by atoms with Gasteiger partial charge in [0.15, 0.2) is 11.4 Å². The fourth-order valence-electron chi connectivity index (χ4n) is 5.75. The van der Waals surface area contributed by atoms with Crippen LogP contribution in [-0.2, 0) is 12.8 Å². The molecule has 0 bridgehead atoms. The van der Waals surface area contributed by atoms with Crippen molar-refractivity contribution in [2.45, 2.75) is 50.6 Å². The maximum absolute atomic E-state index is 14.3. The first kappa shape index (κ1) is 26.8. The molecule has 2 heterocycles. The summed E-state index contributed by atoms with van der Waals surface area (Å²) in [5, 5.41) is 12.5. The first-order valence-corrected chi connectivity index (χ1v) is 12.9. The van der Waals surface area contributed by atoms with Gasteiger partial charge in [0, 0.05) is 25.2 Å². The van der Waals surface area contributed by atoms with E-state index in [1.54, 1.807) is 5.01 Å². The van der Waals surface area contributed by atoms with Gasteiger partial charge in [0.1, 0.15) is 12.2 Å². The molecule has 1 aromatic heterocycles. The Hall–Kier alpha value is -3.79. The summed E-state index contributed by atoms with van der Waals surface area (Å²) in [4.78, 5) is 28.9. The molecule has 1 aliphatic carbocycles. The second-order valence-electron chi connectivity index (χ2n) is 10.4.